The third-order valence-electron chi connectivity index (χ3n) is 3.82. The summed E-state index contributed by atoms with van der Waals surface area (Å²) in [5.41, 5.74) is -12.4. The van der Waals surface area contributed by atoms with Crippen LogP contribution in [0.3, 0.4) is 0 Å². The lowest BCUT2D eigenvalue weighted by molar-refractivity contribution is -0.947. The molecule has 0 aliphatic carbocycles. The Morgan fingerprint density at radius 2 is 1.04 bits per heavy atom. The number of hydrogen-bond acceptors (Lipinski definition) is 4. The van der Waals surface area contributed by atoms with Crippen molar-refractivity contribution in [3.05, 3.63) is 4.13 Å². The average Bonchev–Trinajstić information content (AvgIpc) is 2.33. The molecule has 14 heteroatoms. The van der Waals surface area contributed by atoms with Gasteiger partial charge >= 0.3 is 11.0 Å². The van der Waals surface area contributed by atoms with Crippen molar-refractivity contribution in [3.8, 4) is 0 Å². The molecule has 0 aliphatic heterocycles. The molecule has 0 atom stereocenters. The Morgan fingerprint density at radius 1 is 0.800 bits per heavy atom. The molecule has 154 valence electrons. The highest BCUT2D eigenvalue weighted by Gasteiger charge is 2.46. The van der Waals surface area contributed by atoms with E-state index in [1.807, 2.05) is 0 Å². The maximum Gasteiger partial charge on any atom is 0.480 e. The van der Waals surface area contributed by atoms with Crippen molar-refractivity contribution >= 4 is 20.0 Å². The van der Waals surface area contributed by atoms with E-state index in [-0.39, 0.29) is 0 Å². The zero-order chi connectivity index (χ0) is 21.1. The first-order valence-corrected chi connectivity index (χ1v) is 9.75. The van der Waals surface area contributed by atoms with Crippen LogP contribution in [0.4, 0.5) is 26.3 Å². The van der Waals surface area contributed by atoms with E-state index in [9.17, 15) is 43.2 Å². The molecule has 0 saturated carbocycles. The van der Waals surface area contributed by atoms with Crippen LogP contribution in [0.5, 0.6) is 0 Å². The highest BCUT2D eigenvalue weighted by molar-refractivity contribution is 8.13. The highest BCUT2D eigenvalue weighted by Crippen LogP contribution is 2.36. The van der Waals surface area contributed by atoms with E-state index < -0.39 is 31.1 Å². The van der Waals surface area contributed by atoms with Crippen LogP contribution in [-0.2, 0) is 20.0 Å². The smallest absolute Gasteiger partial charge is 0.421 e. The van der Waals surface area contributed by atoms with Crippen LogP contribution in [0.1, 0.15) is 34.6 Å². The predicted octanol–water partition coefficient (Wildman–Crippen LogP) is 3.33. The largest absolute Gasteiger partial charge is 0.480 e. The molecule has 0 aliphatic rings. The molecule has 0 rings (SSSR count). The van der Waals surface area contributed by atoms with Crippen molar-refractivity contribution in [1.29, 1.82) is 0 Å². The van der Waals surface area contributed by atoms with Crippen molar-refractivity contribution in [2.45, 2.75) is 57.7 Å². The summed E-state index contributed by atoms with van der Waals surface area (Å²) in [5, 5.41) is 0. The Morgan fingerprint density at radius 3 is 1.12 bits per heavy atom. The van der Waals surface area contributed by atoms with Gasteiger partial charge in [-0.2, -0.15) is 26.3 Å². The standard InChI is InChI=1S/C9H22N.C2F6NO4S2/c1-7-10(6,8(2)3)9(4)5;3-1(4,5)14(10,11)9-15(12,13)2(6,7)8/h8-9H,7H2,1-6H3;/q+1;-1. The van der Waals surface area contributed by atoms with Gasteiger partial charge in [0.25, 0.3) is 0 Å². The van der Waals surface area contributed by atoms with Crippen LogP contribution in [0, 0.1) is 0 Å². The van der Waals surface area contributed by atoms with E-state index in [1.54, 1.807) is 0 Å². The lowest BCUT2D eigenvalue weighted by Crippen LogP contribution is -2.54. The normalized spacial score (nSPS) is 14.5. The van der Waals surface area contributed by atoms with Crippen molar-refractivity contribution in [2.75, 3.05) is 13.6 Å². The molecule has 0 amide bonds. The SMILES string of the molecule is CC[N+](C)(C(C)C)C(C)C.O=S(=O)([N-]S(=O)(=O)C(F)(F)F)C(F)(F)F. The third kappa shape index (κ3) is 7.27. The molecule has 0 fully saturated rings. The second-order valence-electron chi connectivity index (χ2n) is 5.77. The summed E-state index contributed by atoms with van der Waals surface area (Å²) in [5.74, 6) is 0. The minimum absolute atomic E-state index is 0.741. The molecule has 0 aromatic heterocycles. The van der Waals surface area contributed by atoms with Crippen LogP contribution < -0.4 is 0 Å². The van der Waals surface area contributed by atoms with E-state index in [4.69, 9.17) is 0 Å². The van der Waals surface area contributed by atoms with E-state index in [0.717, 1.165) is 16.2 Å². The molecule has 0 unspecified atom stereocenters. The van der Waals surface area contributed by atoms with Crippen LogP contribution >= 0.6 is 0 Å². The van der Waals surface area contributed by atoms with Gasteiger partial charge in [0, 0.05) is 0 Å². The zero-order valence-corrected chi connectivity index (χ0v) is 16.1. The first-order chi connectivity index (χ1) is 10.7. The quantitative estimate of drug-likeness (QED) is 0.501. The Labute approximate surface area is 143 Å². The van der Waals surface area contributed by atoms with E-state index in [0.29, 0.717) is 0 Å². The van der Waals surface area contributed by atoms with E-state index in [1.165, 1.54) is 11.0 Å². The lowest BCUT2D eigenvalue weighted by atomic mass is 10.2. The highest BCUT2D eigenvalue weighted by atomic mass is 32.3. The molecule has 0 heterocycles. The van der Waals surface area contributed by atoms with Crippen LogP contribution in [-0.4, -0.2) is 58.0 Å². The molecular weight excluding hydrogens is 402 g/mol. The average molecular weight is 424 g/mol. The van der Waals surface area contributed by atoms with Crippen LogP contribution in [0.25, 0.3) is 4.13 Å². The van der Waals surface area contributed by atoms with Gasteiger partial charge in [0.05, 0.1) is 25.7 Å². The van der Waals surface area contributed by atoms with Crippen LogP contribution in [0.2, 0.25) is 0 Å². The van der Waals surface area contributed by atoms with Gasteiger partial charge in [-0.1, -0.05) is 0 Å². The first kappa shape index (κ1) is 26.6. The molecule has 6 nitrogen and oxygen atoms in total. The van der Waals surface area contributed by atoms with Crippen molar-refractivity contribution < 1.29 is 47.7 Å². The zero-order valence-electron chi connectivity index (χ0n) is 14.5. The summed E-state index contributed by atoms with van der Waals surface area (Å²) in [6.07, 6.45) is 0. The van der Waals surface area contributed by atoms with Gasteiger partial charge in [-0.15, -0.1) is 0 Å². The Hall–Kier alpha value is -0.600. The second-order valence-corrected chi connectivity index (χ2v) is 9.19. The summed E-state index contributed by atoms with van der Waals surface area (Å²) in [4.78, 5) is 0. The number of hydrogen-bond donors (Lipinski definition) is 0. The monoisotopic (exact) mass is 424 g/mol. The Balaban J connectivity index is 0. The maximum absolute atomic E-state index is 11.4. The number of nitrogens with zero attached hydrogens (tertiary/aromatic N) is 2. The summed E-state index contributed by atoms with van der Waals surface area (Å²) in [6.45, 7) is 12.7. The van der Waals surface area contributed by atoms with Gasteiger partial charge in [-0.25, -0.2) is 16.8 Å². The number of sulfonamides is 2. The molecular formula is C11H22F6N2O4S2. The van der Waals surface area contributed by atoms with Gasteiger partial charge in [0.2, 0.25) is 0 Å². The van der Waals surface area contributed by atoms with Crippen LogP contribution in [0.15, 0.2) is 0 Å². The van der Waals surface area contributed by atoms with Gasteiger partial charge in [0.15, 0.2) is 20.0 Å². The molecule has 0 radical (unpaired) electrons. The molecule has 0 spiro atoms. The fraction of sp³-hybridized carbons (Fsp3) is 1.00. The maximum atomic E-state index is 11.4. The third-order valence-corrected chi connectivity index (χ3v) is 6.56. The van der Waals surface area contributed by atoms with Crippen molar-refractivity contribution in [2.24, 2.45) is 0 Å². The summed E-state index contributed by atoms with van der Waals surface area (Å²) < 4.78 is 110. The number of halogens is 6. The fourth-order valence-electron chi connectivity index (χ4n) is 1.54. The minimum Gasteiger partial charge on any atom is -0.421 e. The summed E-state index contributed by atoms with van der Waals surface area (Å²) in [6, 6.07) is 1.48. The molecule has 0 saturated heterocycles. The molecule has 0 aromatic carbocycles. The Bertz CT molecular complexity index is 574. The predicted molar refractivity (Wildman–Crippen MR) is 80.3 cm³/mol. The van der Waals surface area contributed by atoms with Gasteiger partial charge in [0.1, 0.15) is 0 Å². The second kappa shape index (κ2) is 8.39. The number of quaternary nitrogens is 1. The van der Waals surface area contributed by atoms with E-state index >= 15 is 0 Å². The number of alkyl halides is 6. The number of rotatable bonds is 5. The molecule has 25 heavy (non-hydrogen) atoms. The molecule has 0 aromatic rings. The molecule has 0 bridgehead atoms. The summed E-state index contributed by atoms with van der Waals surface area (Å²) in [7, 11) is -11.1. The lowest BCUT2D eigenvalue weighted by Gasteiger charge is -2.41. The van der Waals surface area contributed by atoms with Crippen molar-refractivity contribution in [1.82, 2.24) is 0 Å². The van der Waals surface area contributed by atoms with Gasteiger partial charge in [-0.3, -0.25) is 0 Å². The van der Waals surface area contributed by atoms with Gasteiger partial charge < -0.3 is 8.61 Å². The minimum atomic E-state index is -6.72. The summed E-state index contributed by atoms with van der Waals surface area (Å²) >= 11 is 0. The Kier molecular flexibility index (Phi) is 8.94. The first-order valence-electron chi connectivity index (χ1n) is 6.87. The molecule has 0 N–H and O–H groups in total. The van der Waals surface area contributed by atoms with E-state index in [2.05, 4.69) is 41.7 Å². The van der Waals surface area contributed by atoms with Gasteiger partial charge in [-0.05, 0) is 34.6 Å². The van der Waals surface area contributed by atoms with Crippen molar-refractivity contribution in [3.63, 3.8) is 0 Å². The topological polar surface area (TPSA) is 82.4 Å². The fourth-order valence-corrected chi connectivity index (χ4v) is 3.25.